The van der Waals surface area contributed by atoms with Gasteiger partial charge in [0.05, 0.1) is 0 Å². The summed E-state index contributed by atoms with van der Waals surface area (Å²) in [6.45, 7) is 6.53. The van der Waals surface area contributed by atoms with E-state index in [0.29, 0.717) is 17.2 Å². The van der Waals surface area contributed by atoms with Crippen LogP contribution in [0.5, 0.6) is 0 Å². The molecule has 1 N–H and O–H groups in total. The highest BCUT2D eigenvalue weighted by molar-refractivity contribution is 5.50. The van der Waals surface area contributed by atoms with Gasteiger partial charge in [-0.1, -0.05) is 38.1 Å². The van der Waals surface area contributed by atoms with Crippen molar-refractivity contribution in [3.05, 3.63) is 41.0 Å². The standard InChI is InChI=1S/C14H19F2N/c1-10(2)17-9-5-4-6-12-8-7-11(3)13(15)14(12)16/h4,6-8,10,17H,5,9H2,1-3H3/b6-4+. The zero-order chi connectivity index (χ0) is 12.8. The molecule has 0 bridgehead atoms. The van der Waals surface area contributed by atoms with Crippen molar-refractivity contribution in [3.63, 3.8) is 0 Å². The zero-order valence-electron chi connectivity index (χ0n) is 10.6. The van der Waals surface area contributed by atoms with Crippen LogP contribution in [0.2, 0.25) is 0 Å². The van der Waals surface area contributed by atoms with Gasteiger partial charge in [-0.2, -0.15) is 0 Å². The summed E-state index contributed by atoms with van der Waals surface area (Å²) in [4.78, 5) is 0. The van der Waals surface area contributed by atoms with Gasteiger partial charge >= 0.3 is 0 Å². The Bertz CT molecular complexity index is 397. The van der Waals surface area contributed by atoms with Crippen LogP contribution < -0.4 is 5.32 Å². The van der Waals surface area contributed by atoms with Gasteiger partial charge in [0.25, 0.3) is 0 Å². The minimum Gasteiger partial charge on any atom is -0.314 e. The maximum absolute atomic E-state index is 13.5. The Kier molecular flexibility index (Phi) is 5.29. The molecule has 0 amide bonds. The van der Waals surface area contributed by atoms with Gasteiger partial charge in [0.1, 0.15) is 0 Å². The summed E-state index contributed by atoms with van der Waals surface area (Å²) in [5.74, 6) is -1.52. The summed E-state index contributed by atoms with van der Waals surface area (Å²) in [6, 6.07) is 3.63. The number of hydrogen-bond acceptors (Lipinski definition) is 1. The van der Waals surface area contributed by atoms with Crippen molar-refractivity contribution in [2.75, 3.05) is 6.54 Å². The number of nitrogens with one attached hydrogen (secondary N) is 1. The first-order chi connectivity index (χ1) is 8.02. The molecule has 0 fully saturated rings. The van der Waals surface area contributed by atoms with E-state index in [2.05, 4.69) is 19.2 Å². The number of aryl methyl sites for hydroxylation is 1. The summed E-state index contributed by atoms with van der Waals surface area (Å²) in [6.07, 6.45) is 4.27. The van der Waals surface area contributed by atoms with Crippen LogP contribution in [-0.4, -0.2) is 12.6 Å². The van der Waals surface area contributed by atoms with Crippen molar-refractivity contribution < 1.29 is 8.78 Å². The largest absolute Gasteiger partial charge is 0.314 e. The zero-order valence-corrected chi connectivity index (χ0v) is 10.6. The second-order valence-corrected chi connectivity index (χ2v) is 4.40. The molecule has 3 heteroatoms. The van der Waals surface area contributed by atoms with Crippen molar-refractivity contribution in [2.24, 2.45) is 0 Å². The normalized spacial score (nSPS) is 11.6. The molecule has 0 aliphatic rings. The topological polar surface area (TPSA) is 12.0 Å². The lowest BCUT2D eigenvalue weighted by Crippen LogP contribution is -2.23. The van der Waals surface area contributed by atoms with Crippen LogP contribution in [0, 0.1) is 18.6 Å². The number of rotatable bonds is 5. The Labute approximate surface area is 102 Å². The number of halogens is 2. The number of benzene rings is 1. The Morgan fingerprint density at radius 1 is 1.24 bits per heavy atom. The molecule has 0 unspecified atom stereocenters. The molecule has 1 aromatic rings. The van der Waals surface area contributed by atoms with Gasteiger partial charge in [-0.3, -0.25) is 0 Å². The Balaban J connectivity index is 2.57. The molecule has 0 aromatic heterocycles. The maximum atomic E-state index is 13.5. The molecule has 1 aromatic carbocycles. The van der Waals surface area contributed by atoms with Crippen LogP contribution in [0.1, 0.15) is 31.4 Å². The third-order valence-corrected chi connectivity index (χ3v) is 2.47. The fraction of sp³-hybridized carbons (Fsp3) is 0.429. The van der Waals surface area contributed by atoms with E-state index in [9.17, 15) is 8.78 Å². The molecule has 1 rings (SSSR count). The van der Waals surface area contributed by atoms with E-state index in [1.165, 1.54) is 0 Å². The predicted molar refractivity (Wildman–Crippen MR) is 67.9 cm³/mol. The first-order valence-corrected chi connectivity index (χ1v) is 5.87. The lowest BCUT2D eigenvalue weighted by atomic mass is 10.1. The molecule has 0 aliphatic carbocycles. The highest BCUT2D eigenvalue weighted by Gasteiger charge is 2.07. The second kappa shape index (κ2) is 6.50. The highest BCUT2D eigenvalue weighted by Crippen LogP contribution is 2.16. The lowest BCUT2D eigenvalue weighted by Gasteiger charge is -2.05. The van der Waals surface area contributed by atoms with Gasteiger partial charge in [-0.25, -0.2) is 8.78 Å². The minimum absolute atomic E-state index is 0.303. The van der Waals surface area contributed by atoms with E-state index in [-0.39, 0.29) is 0 Å². The minimum atomic E-state index is -0.766. The summed E-state index contributed by atoms with van der Waals surface area (Å²) in [7, 11) is 0. The maximum Gasteiger partial charge on any atom is 0.166 e. The molecule has 0 radical (unpaired) electrons. The van der Waals surface area contributed by atoms with Crippen molar-refractivity contribution >= 4 is 6.08 Å². The van der Waals surface area contributed by atoms with Crippen LogP contribution in [-0.2, 0) is 0 Å². The average molecular weight is 239 g/mol. The van der Waals surface area contributed by atoms with E-state index < -0.39 is 11.6 Å². The highest BCUT2D eigenvalue weighted by atomic mass is 19.2. The van der Waals surface area contributed by atoms with Crippen LogP contribution in [0.15, 0.2) is 18.2 Å². The third-order valence-electron chi connectivity index (χ3n) is 2.47. The molecule has 0 spiro atoms. The fourth-order valence-electron chi connectivity index (χ4n) is 1.46. The molecule has 0 aliphatic heterocycles. The van der Waals surface area contributed by atoms with Gasteiger partial charge in [-0.15, -0.1) is 0 Å². The van der Waals surface area contributed by atoms with Crippen LogP contribution in [0.3, 0.4) is 0 Å². The fourth-order valence-corrected chi connectivity index (χ4v) is 1.46. The second-order valence-electron chi connectivity index (χ2n) is 4.40. The molecule has 94 valence electrons. The average Bonchev–Trinajstić information content (AvgIpc) is 2.28. The van der Waals surface area contributed by atoms with Crippen LogP contribution >= 0.6 is 0 Å². The molecular formula is C14H19F2N. The smallest absolute Gasteiger partial charge is 0.166 e. The van der Waals surface area contributed by atoms with Gasteiger partial charge < -0.3 is 5.32 Å². The molecule has 17 heavy (non-hydrogen) atoms. The van der Waals surface area contributed by atoms with E-state index in [4.69, 9.17) is 0 Å². The van der Waals surface area contributed by atoms with Gasteiger partial charge in [0.15, 0.2) is 11.6 Å². The predicted octanol–water partition coefficient (Wildman–Crippen LogP) is 3.67. The van der Waals surface area contributed by atoms with Crippen LogP contribution in [0.4, 0.5) is 8.78 Å². The van der Waals surface area contributed by atoms with Crippen LogP contribution in [0.25, 0.3) is 6.08 Å². The van der Waals surface area contributed by atoms with E-state index in [1.54, 1.807) is 25.1 Å². The summed E-state index contributed by atoms with van der Waals surface area (Å²) in [5.41, 5.74) is 0.638. The molecule has 0 atom stereocenters. The Hall–Kier alpha value is -1.22. The molecule has 0 saturated heterocycles. The van der Waals surface area contributed by atoms with Crippen molar-refractivity contribution in [1.82, 2.24) is 5.32 Å². The van der Waals surface area contributed by atoms with Crippen molar-refractivity contribution in [1.29, 1.82) is 0 Å². The van der Waals surface area contributed by atoms with Gasteiger partial charge in [0.2, 0.25) is 0 Å². The van der Waals surface area contributed by atoms with Gasteiger partial charge in [0, 0.05) is 11.6 Å². The van der Waals surface area contributed by atoms with E-state index in [0.717, 1.165) is 13.0 Å². The first-order valence-electron chi connectivity index (χ1n) is 5.87. The quantitative estimate of drug-likeness (QED) is 0.773. The SMILES string of the molecule is Cc1ccc(/C=C/CCNC(C)C)c(F)c1F. The molecule has 1 nitrogen and oxygen atoms in total. The lowest BCUT2D eigenvalue weighted by molar-refractivity contribution is 0.501. The summed E-state index contributed by atoms with van der Waals surface area (Å²) < 4.78 is 26.7. The van der Waals surface area contributed by atoms with E-state index >= 15 is 0 Å². The van der Waals surface area contributed by atoms with Crippen molar-refractivity contribution in [2.45, 2.75) is 33.2 Å². The molecule has 0 saturated carbocycles. The first kappa shape index (κ1) is 13.8. The summed E-state index contributed by atoms with van der Waals surface area (Å²) in [5, 5.41) is 3.25. The van der Waals surface area contributed by atoms with Gasteiger partial charge in [-0.05, 0) is 25.5 Å². The molecular weight excluding hydrogens is 220 g/mol. The Morgan fingerprint density at radius 3 is 2.59 bits per heavy atom. The van der Waals surface area contributed by atoms with E-state index in [1.807, 2.05) is 6.08 Å². The summed E-state index contributed by atoms with van der Waals surface area (Å²) >= 11 is 0. The third kappa shape index (κ3) is 4.27. The molecule has 0 heterocycles. The monoisotopic (exact) mass is 239 g/mol. The number of hydrogen-bond donors (Lipinski definition) is 1. The van der Waals surface area contributed by atoms with Crippen molar-refractivity contribution in [3.8, 4) is 0 Å². The Morgan fingerprint density at radius 2 is 1.94 bits per heavy atom.